The molecule has 0 aliphatic carbocycles. The Labute approximate surface area is 175 Å². The second kappa shape index (κ2) is 8.43. The quantitative estimate of drug-likeness (QED) is 0.474. The first-order valence-corrected chi connectivity index (χ1v) is 9.72. The summed E-state index contributed by atoms with van der Waals surface area (Å²) >= 11 is 0. The number of carbonyl (C=O) groups is 1. The number of halogens is 3. The summed E-state index contributed by atoms with van der Waals surface area (Å²) in [5.74, 6) is -5.67. The number of anilines is 1. The first kappa shape index (κ1) is 20.9. The van der Waals surface area contributed by atoms with Gasteiger partial charge >= 0.3 is 5.97 Å². The molecule has 1 aliphatic rings. The van der Waals surface area contributed by atoms with Crippen LogP contribution < -0.4 is 10.7 Å². The Kier molecular flexibility index (Phi) is 5.69. The van der Waals surface area contributed by atoms with Gasteiger partial charge in [0.25, 0.3) is 0 Å². The number of rotatable bonds is 6. The van der Waals surface area contributed by atoms with Gasteiger partial charge in [-0.3, -0.25) is 4.79 Å². The highest BCUT2D eigenvalue weighted by molar-refractivity contribution is 5.99. The number of benzene rings is 2. The summed E-state index contributed by atoms with van der Waals surface area (Å²) in [6, 6.07) is 8.38. The van der Waals surface area contributed by atoms with Crippen LogP contribution in [0, 0.1) is 17.5 Å². The van der Waals surface area contributed by atoms with Crippen LogP contribution >= 0.6 is 0 Å². The molecule has 3 aromatic rings. The van der Waals surface area contributed by atoms with Crippen LogP contribution in [0.25, 0.3) is 10.9 Å². The zero-order valence-corrected chi connectivity index (χ0v) is 16.6. The summed E-state index contributed by atoms with van der Waals surface area (Å²) < 4.78 is 55.5. The molecule has 1 N–H and O–H groups in total. The van der Waals surface area contributed by atoms with Crippen LogP contribution in [0.2, 0.25) is 0 Å². The van der Waals surface area contributed by atoms with Crippen molar-refractivity contribution in [3.05, 3.63) is 75.3 Å². The molecule has 1 saturated heterocycles. The SMILES string of the molecule is CCOC(=O)c1cn(C2COC2)c2c(F)c(F)c(F)c(NCc3ccccc3)c2c1=O. The molecule has 9 heteroatoms. The zero-order valence-electron chi connectivity index (χ0n) is 16.6. The van der Waals surface area contributed by atoms with E-state index in [2.05, 4.69) is 5.32 Å². The van der Waals surface area contributed by atoms with E-state index in [1.165, 1.54) is 4.57 Å². The van der Waals surface area contributed by atoms with Gasteiger partial charge in [-0.1, -0.05) is 30.3 Å². The first-order valence-electron chi connectivity index (χ1n) is 9.72. The van der Waals surface area contributed by atoms with Gasteiger partial charge in [0.15, 0.2) is 17.5 Å². The van der Waals surface area contributed by atoms with E-state index in [4.69, 9.17) is 9.47 Å². The molecule has 0 spiro atoms. The standard InChI is InChI=1S/C22H19F3N2O4/c1-2-31-22(29)14-9-27(13-10-30-11-13)20-15(21(14)28)19(17(24)16(23)18(20)25)26-8-12-6-4-3-5-7-12/h3-7,9,13,26H,2,8,10-11H2,1H3. The van der Waals surface area contributed by atoms with E-state index in [-0.39, 0.29) is 26.4 Å². The van der Waals surface area contributed by atoms with Gasteiger partial charge in [0, 0.05) is 12.7 Å². The smallest absolute Gasteiger partial charge is 0.343 e. The van der Waals surface area contributed by atoms with E-state index in [1.54, 1.807) is 37.3 Å². The predicted octanol–water partition coefficient (Wildman–Crippen LogP) is 3.78. The Hall–Kier alpha value is -3.33. The van der Waals surface area contributed by atoms with E-state index in [9.17, 15) is 22.8 Å². The molecule has 31 heavy (non-hydrogen) atoms. The molecule has 4 rings (SSSR count). The minimum Gasteiger partial charge on any atom is -0.462 e. The minimum absolute atomic E-state index is 0.00804. The minimum atomic E-state index is -1.71. The number of carbonyl (C=O) groups excluding carboxylic acids is 1. The Morgan fingerprint density at radius 1 is 1.16 bits per heavy atom. The van der Waals surface area contributed by atoms with Gasteiger partial charge in [0.05, 0.1) is 42.5 Å². The highest BCUT2D eigenvalue weighted by atomic mass is 19.2. The highest BCUT2D eigenvalue weighted by Gasteiger charge is 2.31. The third kappa shape index (κ3) is 3.65. The van der Waals surface area contributed by atoms with Crippen molar-refractivity contribution < 1.29 is 27.4 Å². The number of aromatic nitrogens is 1. The topological polar surface area (TPSA) is 69.6 Å². The maximum Gasteiger partial charge on any atom is 0.343 e. The number of hydrogen-bond donors (Lipinski definition) is 1. The molecule has 0 atom stereocenters. The molecule has 2 heterocycles. The molecule has 0 radical (unpaired) electrons. The number of esters is 1. The Morgan fingerprint density at radius 2 is 1.87 bits per heavy atom. The Balaban J connectivity index is 1.98. The first-order chi connectivity index (χ1) is 14.9. The summed E-state index contributed by atoms with van der Waals surface area (Å²) in [7, 11) is 0. The van der Waals surface area contributed by atoms with E-state index >= 15 is 0 Å². The van der Waals surface area contributed by atoms with Crippen LogP contribution in [0.1, 0.15) is 28.9 Å². The van der Waals surface area contributed by atoms with Crippen molar-refractivity contribution in [3.63, 3.8) is 0 Å². The van der Waals surface area contributed by atoms with Crippen LogP contribution in [0.3, 0.4) is 0 Å². The number of pyridine rings is 1. The molecule has 1 aliphatic heterocycles. The number of ether oxygens (including phenoxy) is 2. The van der Waals surface area contributed by atoms with Gasteiger partial charge in [-0.15, -0.1) is 0 Å². The van der Waals surface area contributed by atoms with Gasteiger partial charge in [0.2, 0.25) is 5.43 Å². The van der Waals surface area contributed by atoms with Crippen molar-refractivity contribution in [2.75, 3.05) is 25.1 Å². The largest absolute Gasteiger partial charge is 0.462 e. The molecule has 0 amide bonds. The second-order valence-electron chi connectivity index (χ2n) is 7.07. The molecule has 162 valence electrons. The lowest BCUT2D eigenvalue weighted by molar-refractivity contribution is -0.0219. The maximum absolute atomic E-state index is 14.9. The Bertz CT molecular complexity index is 1210. The van der Waals surface area contributed by atoms with Gasteiger partial charge in [-0.2, -0.15) is 0 Å². The molecular formula is C22H19F3N2O4. The maximum atomic E-state index is 14.9. The lowest BCUT2D eigenvalue weighted by Gasteiger charge is -2.31. The number of nitrogens with zero attached hydrogens (tertiary/aromatic N) is 1. The van der Waals surface area contributed by atoms with E-state index in [1.807, 2.05) is 0 Å². The molecule has 0 unspecified atom stereocenters. The lowest BCUT2D eigenvalue weighted by Crippen LogP contribution is -2.34. The zero-order chi connectivity index (χ0) is 22.1. The molecule has 0 bridgehead atoms. The van der Waals surface area contributed by atoms with Crippen LogP contribution in [0.4, 0.5) is 18.9 Å². The fraction of sp³-hybridized carbons (Fsp3) is 0.273. The van der Waals surface area contributed by atoms with Gasteiger partial charge in [0.1, 0.15) is 5.56 Å². The normalized spacial score (nSPS) is 13.8. The third-order valence-corrected chi connectivity index (χ3v) is 5.12. The molecule has 2 aromatic carbocycles. The number of hydrogen-bond acceptors (Lipinski definition) is 5. The molecule has 1 fully saturated rings. The van der Waals surface area contributed by atoms with Crippen molar-refractivity contribution in [2.45, 2.75) is 19.5 Å². The fourth-order valence-corrected chi connectivity index (χ4v) is 3.49. The second-order valence-corrected chi connectivity index (χ2v) is 7.07. The van der Waals surface area contributed by atoms with Crippen molar-refractivity contribution in [2.24, 2.45) is 0 Å². The lowest BCUT2D eigenvalue weighted by atomic mass is 10.1. The predicted molar refractivity (Wildman–Crippen MR) is 108 cm³/mol. The van der Waals surface area contributed by atoms with Gasteiger partial charge in [-0.25, -0.2) is 18.0 Å². The van der Waals surface area contributed by atoms with Crippen LogP contribution in [-0.2, 0) is 16.0 Å². The van der Waals surface area contributed by atoms with Crippen LogP contribution in [0.5, 0.6) is 0 Å². The average molecular weight is 432 g/mol. The van der Waals surface area contributed by atoms with Gasteiger partial charge < -0.3 is 19.4 Å². The van der Waals surface area contributed by atoms with Gasteiger partial charge in [-0.05, 0) is 12.5 Å². The van der Waals surface area contributed by atoms with Crippen LogP contribution in [0.15, 0.2) is 41.3 Å². The average Bonchev–Trinajstić information content (AvgIpc) is 2.73. The van der Waals surface area contributed by atoms with Crippen molar-refractivity contribution in [1.29, 1.82) is 0 Å². The summed E-state index contributed by atoms with van der Waals surface area (Å²) in [5, 5.41) is 2.25. The fourth-order valence-electron chi connectivity index (χ4n) is 3.49. The molecule has 0 saturated carbocycles. The van der Waals surface area contributed by atoms with Crippen LogP contribution in [-0.4, -0.2) is 30.4 Å². The summed E-state index contributed by atoms with van der Waals surface area (Å²) in [4.78, 5) is 25.5. The van der Waals surface area contributed by atoms with Crippen molar-refractivity contribution in [3.8, 4) is 0 Å². The van der Waals surface area contributed by atoms with E-state index in [0.717, 1.165) is 11.8 Å². The van der Waals surface area contributed by atoms with Crippen molar-refractivity contribution in [1.82, 2.24) is 4.57 Å². The van der Waals surface area contributed by atoms with E-state index in [0.29, 0.717) is 0 Å². The molecule has 6 nitrogen and oxygen atoms in total. The summed E-state index contributed by atoms with van der Waals surface area (Å²) in [6.07, 6.45) is 1.12. The molecule has 1 aromatic heterocycles. The molecular weight excluding hydrogens is 413 g/mol. The number of fused-ring (bicyclic) bond motifs is 1. The third-order valence-electron chi connectivity index (χ3n) is 5.12. The summed E-state index contributed by atoms with van der Waals surface area (Å²) in [6.45, 7) is 1.97. The highest BCUT2D eigenvalue weighted by Crippen LogP contribution is 2.33. The van der Waals surface area contributed by atoms with Crippen molar-refractivity contribution >= 4 is 22.6 Å². The summed E-state index contributed by atoms with van der Waals surface area (Å²) in [5.41, 5.74) is -1.55. The monoisotopic (exact) mass is 432 g/mol. The van der Waals surface area contributed by atoms with E-state index < -0.39 is 57.0 Å². The Morgan fingerprint density at radius 3 is 2.48 bits per heavy atom. The number of nitrogens with one attached hydrogen (secondary N) is 1.